The van der Waals surface area contributed by atoms with E-state index in [2.05, 4.69) is 0 Å². The summed E-state index contributed by atoms with van der Waals surface area (Å²) in [6.45, 7) is 0. The minimum absolute atomic E-state index is 0.0462. The maximum absolute atomic E-state index is 11.1. The van der Waals surface area contributed by atoms with Crippen LogP contribution < -0.4 is 0 Å². The average molecular weight is 316 g/mol. The highest BCUT2D eigenvalue weighted by atomic mass is 35.7. The fourth-order valence-electron chi connectivity index (χ4n) is 0.850. The van der Waals surface area contributed by atoms with Gasteiger partial charge in [0.15, 0.2) is 4.21 Å². The average Bonchev–Trinajstić information content (AvgIpc) is 2.06. The van der Waals surface area contributed by atoms with Gasteiger partial charge in [-0.25, -0.2) is 8.42 Å². The summed E-state index contributed by atoms with van der Waals surface area (Å²) in [6.07, 6.45) is 2.35. The van der Waals surface area contributed by atoms with Crippen molar-refractivity contribution in [2.45, 2.75) is 9.58 Å². The highest BCUT2D eigenvalue weighted by Crippen LogP contribution is 2.44. The summed E-state index contributed by atoms with van der Waals surface area (Å²) >= 11 is 22.8. The minimum Gasteiger partial charge on any atom is -0.210 e. The van der Waals surface area contributed by atoms with Gasteiger partial charge in [-0.1, -0.05) is 34.8 Å². The van der Waals surface area contributed by atoms with E-state index in [1.54, 1.807) is 0 Å². The van der Waals surface area contributed by atoms with Crippen molar-refractivity contribution in [2.75, 3.05) is 0 Å². The smallest absolute Gasteiger partial charge is 0.210 e. The molecular weight excluding hydrogens is 313 g/mol. The van der Waals surface area contributed by atoms with E-state index in [4.69, 9.17) is 57.1 Å². The molecule has 0 heterocycles. The largest absolute Gasteiger partial charge is 0.257 e. The van der Waals surface area contributed by atoms with Crippen molar-refractivity contribution in [2.24, 2.45) is 0 Å². The third-order valence-electron chi connectivity index (χ3n) is 1.63. The van der Waals surface area contributed by atoms with E-state index >= 15 is 0 Å². The lowest BCUT2D eigenvalue weighted by molar-refractivity contribution is 0.596. The molecule has 1 aliphatic rings. The molecular formula is C6H3Cl5O2S. The number of hydrogen-bond acceptors (Lipinski definition) is 2. The molecule has 0 saturated heterocycles. The fraction of sp³-hybridized carbons (Fsp3) is 0.333. The maximum Gasteiger partial charge on any atom is 0.257 e. The van der Waals surface area contributed by atoms with E-state index in [1.807, 2.05) is 0 Å². The zero-order chi connectivity index (χ0) is 11.1. The first-order valence-electron chi connectivity index (χ1n) is 3.21. The number of allylic oxidation sites excluding steroid dienone is 3. The Balaban J connectivity index is 3.29. The molecule has 0 spiro atoms. The number of rotatable bonds is 1. The molecule has 80 valence electrons. The van der Waals surface area contributed by atoms with Gasteiger partial charge in [-0.05, 0) is 12.2 Å². The third-order valence-corrected chi connectivity index (χ3v) is 6.47. The Bertz CT molecular complexity index is 412. The van der Waals surface area contributed by atoms with Crippen LogP contribution in [-0.2, 0) is 9.05 Å². The van der Waals surface area contributed by atoms with Crippen LogP contribution in [0.1, 0.15) is 0 Å². The summed E-state index contributed by atoms with van der Waals surface area (Å²) in [5.74, 6) is 0. The quantitative estimate of drug-likeness (QED) is 0.549. The molecule has 1 rings (SSSR count). The van der Waals surface area contributed by atoms with Crippen LogP contribution in [-0.4, -0.2) is 18.0 Å². The second-order valence-corrected chi connectivity index (χ2v) is 7.40. The first kappa shape index (κ1) is 12.9. The lowest BCUT2D eigenvalue weighted by Crippen LogP contribution is -2.38. The molecule has 0 amide bonds. The lowest BCUT2D eigenvalue weighted by atomic mass is 10.1. The monoisotopic (exact) mass is 314 g/mol. The topological polar surface area (TPSA) is 34.1 Å². The van der Waals surface area contributed by atoms with Gasteiger partial charge in [0.1, 0.15) is 5.38 Å². The summed E-state index contributed by atoms with van der Waals surface area (Å²) in [6, 6.07) is 0. The van der Waals surface area contributed by atoms with E-state index in [0.717, 1.165) is 6.08 Å². The van der Waals surface area contributed by atoms with Gasteiger partial charge in [-0.15, -0.1) is 11.6 Å². The highest BCUT2D eigenvalue weighted by Gasteiger charge is 2.49. The van der Waals surface area contributed by atoms with Crippen LogP contribution in [0.4, 0.5) is 0 Å². The van der Waals surface area contributed by atoms with Crippen LogP contribution in [0.2, 0.25) is 0 Å². The molecule has 0 aromatic carbocycles. The predicted octanol–water partition coefficient (Wildman–Crippen LogP) is 3.36. The van der Waals surface area contributed by atoms with Gasteiger partial charge >= 0.3 is 0 Å². The van der Waals surface area contributed by atoms with Gasteiger partial charge < -0.3 is 0 Å². The summed E-state index contributed by atoms with van der Waals surface area (Å²) in [5.41, 5.74) is 0. The Hall–Kier alpha value is 0.880. The molecule has 8 heteroatoms. The molecule has 14 heavy (non-hydrogen) atoms. The van der Waals surface area contributed by atoms with E-state index in [-0.39, 0.29) is 10.1 Å². The molecule has 1 aliphatic carbocycles. The molecule has 0 aromatic heterocycles. The highest BCUT2D eigenvalue weighted by molar-refractivity contribution is 8.16. The first-order valence-corrected chi connectivity index (χ1v) is 7.09. The standard InChI is InChI=1S/C6H3Cl5O2S/c7-3-1-2-6(10,14(11,12)13)5(9)4(3)8/h1-2,5H. The Morgan fingerprint density at radius 1 is 1.36 bits per heavy atom. The number of halogens is 5. The molecule has 0 aromatic rings. The van der Waals surface area contributed by atoms with Gasteiger partial charge in [-0.3, -0.25) is 0 Å². The Kier molecular flexibility index (Phi) is 3.73. The van der Waals surface area contributed by atoms with Crippen molar-refractivity contribution in [1.29, 1.82) is 0 Å². The lowest BCUT2D eigenvalue weighted by Gasteiger charge is -2.28. The van der Waals surface area contributed by atoms with E-state index in [1.165, 1.54) is 6.08 Å². The van der Waals surface area contributed by atoms with Crippen molar-refractivity contribution in [3.8, 4) is 0 Å². The van der Waals surface area contributed by atoms with Crippen LogP contribution >= 0.6 is 57.1 Å². The summed E-state index contributed by atoms with van der Waals surface area (Å²) < 4.78 is 20.3. The van der Waals surface area contributed by atoms with Crippen molar-refractivity contribution < 1.29 is 8.42 Å². The minimum atomic E-state index is -4.09. The van der Waals surface area contributed by atoms with E-state index in [9.17, 15) is 8.42 Å². The molecule has 0 bridgehead atoms. The molecule has 0 radical (unpaired) electrons. The predicted molar refractivity (Wildman–Crippen MR) is 60.9 cm³/mol. The van der Waals surface area contributed by atoms with E-state index < -0.39 is 18.6 Å². The molecule has 0 fully saturated rings. The van der Waals surface area contributed by atoms with Gasteiger partial charge in [0, 0.05) is 10.7 Å². The number of alkyl halides is 2. The van der Waals surface area contributed by atoms with Gasteiger partial charge in [0.25, 0.3) is 9.05 Å². The SMILES string of the molecule is O=S(=O)(Cl)C1(Cl)C=CC(Cl)=C(Cl)C1Cl. The van der Waals surface area contributed by atoms with Crippen LogP contribution in [0.25, 0.3) is 0 Å². The van der Waals surface area contributed by atoms with Crippen LogP contribution in [0.5, 0.6) is 0 Å². The van der Waals surface area contributed by atoms with Gasteiger partial charge in [0.05, 0.1) is 10.1 Å². The van der Waals surface area contributed by atoms with Crippen molar-refractivity contribution in [3.63, 3.8) is 0 Å². The zero-order valence-electron chi connectivity index (χ0n) is 6.35. The van der Waals surface area contributed by atoms with Crippen LogP contribution in [0.3, 0.4) is 0 Å². The molecule has 2 nitrogen and oxygen atoms in total. The summed E-state index contributed by atoms with van der Waals surface area (Å²) in [7, 11) is 1.05. The van der Waals surface area contributed by atoms with E-state index in [0.29, 0.717) is 0 Å². The second kappa shape index (κ2) is 4.04. The zero-order valence-corrected chi connectivity index (χ0v) is 10.9. The van der Waals surface area contributed by atoms with Crippen molar-refractivity contribution in [1.82, 2.24) is 0 Å². The van der Waals surface area contributed by atoms with Gasteiger partial charge in [0.2, 0.25) is 0 Å². The van der Waals surface area contributed by atoms with Crippen molar-refractivity contribution >= 4 is 66.1 Å². The molecule has 0 aliphatic heterocycles. The second-order valence-electron chi connectivity index (χ2n) is 2.53. The van der Waals surface area contributed by atoms with Crippen LogP contribution in [0, 0.1) is 0 Å². The van der Waals surface area contributed by atoms with Gasteiger partial charge in [-0.2, -0.15) is 0 Å². The molecule has 0 saturated carbocycles. The normalized spacial score (nSPS) is 33.6. The maximum atomic E-state index is 11.1. The third kappa shape index (κ3) is 2.04. The van der Waals surface area contributed by atoms with Crippen molar-refractivity contribution in [3.05, 3.63) is 22.2 Å². The molecule has 0 N–H and O–H groups in total. The summed E-state index contributed by atoms with van der Waals surface area (Å²) in [5, 5.41) is -1.11. The van der Waals surface area contributed by atoms with Crippen LogP contribution in [0.15, 0.2) is 22.2 Å². The Morgan fingerprint density at radius 2 is 1.86 bits per heavy atom. The molecule has 2 unspecified atom stereocenters. The Labute approximate surface area is 106 Å². The molecule has 2 atom stereocenters. The summed E-state index contributed by atoms with van der Waals surface area (Å²) in [4.78, 5) is 0. The first-order chi connectivity index (χ1) is 6.20. The Morgan fingerprint density at radius 3 is 2.29 bits per heavy atom. The fourth-order valence-corrected chi connectivity index (χ4v) is 3.30. The number of hydrogen-bond donors (Lipinski definition) is 0.